The maximum atomic E-state index is 11.4. The Bertz CT molecular complexity index is 176. The average Bonchev–Trinajstić information content (AvgIpc) is 2.04. The Morgan fingerprint density at radius 2 is 2.00 bits per heavy atom. The van der Waals surface area contributed by atoms with E-state index in [1.807, 2.05) is 13.8 Å². The fourth-order valence-corrected chi connectivity index (χ4v) is 1.47. The van der Waals surface area contributed by atoms with Crippen LogP contribution in [-0.4, -0.2) is 38.0 Å². The third kappa shape index (κ3) is 3.29. The van der Waals surface area contributed by atoms with Crippen LogP contribution >= 0.6 is 0 Å². The molecule has 0 N–H and O–H groups in total. The van der Waals surface area contributed by atoms with Crippen molar-refractivity contribution in [3.63, 3.8) is 0 Å². The van der Waals surface area contributed by atoms with Crippen LogP contribution in [0.5, 0.6) is 0 Å². The SMILES string of the molecule is BC1CCN(C(=O)OC(C)C)CC1. The minimum atomic E-state index is -0.151. The van der Waals surface area contributed by atoms with Gasteiger partial charge in [0, 0.05) is 13.1 Å². The van der Waals surface area contributed by atoms with Gasteiger partial charge in [-0.3, -0.25) is 0 Å². The van der Waals surface area contributed by atoms with Crippen LogP contribution in [0, 0.1) is 0 Å². The van der Waals surface area contributed by atoms with Crippen molar-refractivity contribution in [2.45, 2.75) is 38.6 Å². The number of carbonyl (C=O) groups is 1. The Morgan fingerprint density at radius 1 is 1.46 bits per heavy atom. The molecule has 0 aromatic carbocycles. The van der Waals surface area contributed by atoms with E-state index >= 15 is 0 Å². The number of carbonyl (C=O) groups excluding carboxylic acids is 1. The standard InChI is InChI=1S/C9H18BNO2/c1-7(2)13-9(12)11-5-3-8(10)4-6-11/h7-8H,3-6,10H2,1-2H3. The van der Waals surface area contributed by atoms with Crippen molar-refractivity contribution in [1.29, 1.82) is 0 Å². The highest BCUT2D eigenvalue weighted by Crippen LogP contribution is 2.19. The lowest BCUT2D eigenvalue weighted by Gasteiger charge is -2.30. The zero-order valence-corrected chi connectivity index (χ0v) is 8.75. The van der Waals surface area contributed by atoms with E-state index in [1.165, 1.54) is 0 Å². The molecule has 0 atom stereocenters. The van der Waals surface area contributed by atoms with E-state index in [2.05, 4.69) is 7.85 Å². The summed E-state index contributed by atoms with van der Waals surface area (Å²) in [6.45, 7) is 5.47. The minimum Gasteiger partial charge on any atom is -0.447 e. The first-order valence-corrected chi connectivity index (χ1v) is 5.05. The molecule has 1 saturated heterocycles. The molecule has 0 aliphatic carbocycles. The molecular weight excluding hydrogens is 165 g/mol. The summed E-state index contributed by atoms with van der Waals surface area (Å²) in [6.07, 6.45) is 2.05. The molecule has 4 heteroatoms. The van der Waals surface area contributed by atoms with Crippen molar-refractivity contribution in [2.75, 3.05) is 13.1 Å². The zero-order valence-electron chi connectivity index (χ0n) is 8.75. The molecule has 1 heterocycles. The number of likely N-dealkylation sites (tertiary alicyclic amines) is 1. The highest BCUT2D eigenvalue weighted by molar-refractivity contribution is 6.11. The van der Waals surface area contributed by atoms with E-state index in [0.717, 1.165) is 31.7 Å². The van der Waals surface area contributed by atoms with Gasteiger partial charge in [-0.2, -0.15) is 0 Å². The smallest absolute Gasteiger partial charge is 0.410 e. The monoisotopic (exact) mass is 183 g/mol. The normalized spacial score (nSPS) is 19.2. The van der Waals surface area contributed by atoms with Crippen LogP contribution in [0.4, 0.5) is 4.79 Å². The molecule has 74 valence electrons. The largest absolute Gasteiger partial charge is 0.447 e. The molecule has 1 aliphatic rings. The molecule has 0 radical (unpaired) electrons. The van der Waals surface area contributed by atoms with E-state index in [9.17, 15) is 4.79 Å². The molecule has 1 fully saturated rings. The van der Waals surface area contributed by atoms with Gasteiger partial charge in [-0.25, -0.2) is 4.79 Å². The van der Waals surface area contributed by atoms with Gasteiger partial charge < -0.3 is 9.64 Å². The molecular formula is C9H18BNO2. The molecule has 0 spiro atoms. The Balaban J connectivity index is 2.31. The van der Waals surface area contributed by atoms with Crippen LogP contribution in [0.3, 0.4) is 0 Å². The Hall–Kier alpha value is -0.665. The first kappa shape index (κ1) is 10.4. The Morgan fingerprint density at radius 3 is 2.46 bits per heavy atom. The number of nitrogens with zero attached hydrogens (tertiary/aromatic N) is 1. The topological polar surface area (TPSA) is 29.5 Å². The lowest BCUT2D eigenvalue weighted by molar-refractivity contribution is 0.0713. The average molecular weight is 183 g/mol. The van der Waals surface area contributed by atoms with Gasteiger partial charge in [-0.15, -0.1) is 0 Å². The van der Waals surface area contributed by atoms with Crippen molar-refractivity contribution in [3.05, 3.63) is 0 Å². The number of hydrogen-bond donors (Lipinski definition) is 0. The van der Waals surface area contributed by atoms with Crippen LogP contribution in [0.2, 0.25) is 5.82 Å². The van der Waals surface area contributed by atoms with Gasteiger partial charge in [0.1, 0.15) is 7.85 Å². The van der Waals surface area contributed by atoms with Crippen molar-refractivity contribution in [1.82, 2.24) is 4.90 Å². The lowest BCUT2D eigenvalue weighted by Crippen LogP contribution is -2.38. The highest BCUT2D eigenvalue weighted by Gasteiger charge is 2.21. The van der Waals surface area contributed by atoms with E-state index in [-0.39, 0.29) is 12.2 Å². The number of amides is 1. The summed E-state index contributed by atoms with van der Waals surface area (Å²) >= 11 is 0. The van der Waals surface area contributed by atoms with Gasteiger partial charge in [0.15, 0.2) is 0 Å². The lowest BCUT2D eigenvalue weighted by atomic mass is 9.80. The van der Waals surface area contributed by atoms with Crippen LogP contribution in [0.1, 0.15) is 26.7 Å². The molecule has 0 unspecified atom stereocenters. The van der Waals surface area contributed by atoms with Gasteiger partial charge >= 0.3 is 6.09 Å². The summed E-state index contributed by atoms with van der Waals surface area (Å²) in [7, 11) is 2.23. The highest BCUT2D eigenvalue weighted by atomic mass is 16.6. The molecule has 1 rings (SSSR count). The molecule has 0 aromatic rings. The summed E-state index contributed by atoms with van der Waals surface area (Å²) in [5, 5.41) is 0. The van der Waals surface area contributed by atoms with Gasteiger partial charge in [-0.1, -0.05) is 5.82 Å². The van der Waals surface area contributed by atoms with Crippen molar-refractivity contribution in [2.24, 2.45) is 0 Å². The van der Waals surface area contributed by atoms with Crippen molar-refractivity contribution < 1.29 is 9.53 Å². The molecule has 13 heavy (non-hydrogen) atoms. The van der Waals surface area contributed by atoms with Crippen molar-refractivity contribution >= 4 is 13.9 Å². The van der Waals surface area contributed by atoms with Crippen LogP contribution < -0.4 is 0 Å². The number of hydrogen-bond acceptors (Lipinski definition) is 2. The fourth-order valence-electron chi connectivity index (χ4n) is 1.47. The predicted octanol–water partition coefficient (Wildman–Crippen LogP) is 1.05. The Kier molecular flexibility index (Phi) is 3.64. The van der Waals surface area contributed by atoms with Gasteiger partial charge in [0.25, 0.3) is 0 Å². The first-order valence-electron chi connectivity index (χ1n) is 5.05. The molecule has 1 amide bonds. The number of rotatable bonds is 1. The summed E-state index contributed by atoms with van der Waals surface area (Å²) in [6, 6.07) is 0. The molecule has 0 aromatic heterocycles. The third-order valence-corrected chi connectivity index (χ3v) is 2.38. The van der Waals surface area contributed by atoms with E-state index in [1.54, 1.807) is 4.90 Å². The van der Waals surface area contributed by atoms with E-state index in [0.29, 0.717) is 0 Å². The second kappa shape index (κ2) is 4.54. The van der Waals surface area contributed by atoms with Crippen molar-refractivity contribution in [3.8, 4) is 0 Å². The Labute approximate surface area is 80.8 Å². The van der Waals surface area contributed by atoms with Gasteiger partial charge in [-0.05, 0) is 26.7 Å². The summed E-state index contributed by atoms with van der Waals surface area (Å²) in [5.74, 6) is 0.753. The molecule has 1 aliphatic heterocycles. The quantitative estimate of drug-likeness (QED) is 0.568. The minimum absolute atomic E-state index is 0.00755. The predicted molar refractivity (Wildman–Crippen MR) is 54.7 cm³/mol. The zero-order chi connectivity index (χ0) is 9.84. The maximum Gasteiger partial charge on any atom is 0.410 e. The second-order valence-corrected chi connectivity index (χ2v) is 4.10. The first-order chi connectivity index (χ1) is 6.09. The summed E-state index contributed by atoms with van der Waals surface area (Å²) in [4.78, 5) is 13.2. The van der Waals surface area contributed by atoms with E-state index < -0.39 is 0 Å². The second-order valence-electron chi connectivity index (χ2n) is 4.10. The van der Waals surface area contributed by atoms with Gasteiger partial charge in [0.05, 0.1) is 6.10 Å². The molecule has 0 bridgehead atoms. The van der Waals surface area contributed by atoms with E-state index in [4.69, 9.17) is 4.74 Å². The summed E-state index contributed by atoms with van der Waals surface area (Å²) in [5.41, 5.74) is 0. The molecule has 0 saturated carbocycles. The molecule has 3 nitrogen and oxygen atoms in total. The fraction of sp³-hybridized carbons (Fsp3) is 0.889. The van der Waals surface area contributed by atoms with Crippen LogP contribution in [-0.2, 0) is 4.74 Å². The third-order valence-electron chi connectivity index (χ3n) is 2.38. The summed E-state index contributed by atoms with van der Waals surface area (Å²) < 4.78 is 5.11. The number of ether oxygens (including phenoxy) is 1. The van der Waals surface area contributed by atoms with Crippen LogP contribution in [0.25, 0.3) is 0 Å². The van der Waals surface area contributed by atoms with Crippen LogP contribution in [0.15, 0.2) is 0 Å². The van der Waals surface area contributed by atoms with Gasteiger partial charge in [0.2, 0.25) is 0 Å². The maximum absolute atomic E-state index is 11.4. The number of piperidine rings is 1.